The van der Waals surface area contributed by atoms with Crippen molar-refractivity contribution in [2.75, 3.05) is 33.4 Å². The number of carbonyl (C=O) groups excluding carboxylic acids is 3. The third-order valence-electron chi connectivity index (χ3n) is 9.74. The molecule has 0 spiro atoms. The van der Waals surface area contributed by atoms with E-state index in [9.17, 15) is 14.4 Å². The Morgan fingerprint density at radius 1 is 0.660 bits per heavy atom. The molecule has 1 rings (SSSR count). The van der Waals surface area contributed by atoms with E-state index in [4.69, 9.17) is 14.2 Å². The van der Waals surface area contributed by atoms with Crippen LogP contribution in [-0.2, 0) is 28.6 Å². The quantitative estimate of drug-likeness (QED) is 0.0233. The van der Waals surface area contributed by atoms with E-state index in [1.807, 2.05) is 12.2 Å². The van der Waals surface area contributed by atoms with Gasteiger partial charge in [-0.1, -0.05) is 115 Å². The van der Waals surface area contributed by atoms with E-state index in [1.54, 1.807) is 0 Å². The van der Waals surface area contributed by atoms with Crippen LogP contribution in [0.2, 0.25) is 0 Å². The molecule has 53 heavy (non-hydrogen) atoms. The molecule has 1 atom stereocenters. The normalized spacial score (nSPS) is 14.2. The van der Waals surface area contributed by atoms with Gasteiger partial charge in [-0.05, 0) is 92.0 Å². The average Bonchev–Trinajstić information content (AvgIpc) is 3.93. The van der Waals surface area contributed by atoms with Crippen molar-refractivity contribution >= 4 is 17.9 Å². The molecular weight excluding hydrogens is 665 g/mol. The molecule has 0 radical (unpaired) electrons. The molecule has 0 aromatic heterocycles. The maximum Gasteiger partial charge on any atom is 0.306 e. The minimum absolute atomic E-state index is 0.0122. The molecule has 1 heterocycles. The molecule has 310 valence electrons. The molecule has 1 fully saturated rings. The van der Waals surface area contributed by atoms with Crippen LogP contribution < -0.4 is 5.32 Å². The largest absolute Gasteiger partial charge is 0.463 e. The van der Waals surface area contributed by atoms with Crippen molar-refractivity contribution in [3.63, 3.8) is 0 Å². The van der Waals surface area contributed by atoms with Crippen LogP contribution in [0.4, 0.5) is 0 Å². The fraction of sp³-hybridized carbons (Fsp3) is 0.844. The number of likely N-dealkylation sites (N-methyl/N-ethyl adjacent to an activating group) is 1. The number of unbranched alkanes of at least 4 members (excludes halogenated alkanes) is 16. The Morgan fingerprint density at radius 2 is 1.08 bits per heavy atom. The maximum absolute atomic E-state index is 11.9. The second kappa shape index (κ2) is 35.5. The van der Waals surface area contributed by atoms with Gasteiger partial charge in [0.2, 0.25) is 0 Å². The molecule has 8 nitrogen and oxygen atoms in total. The van der Waals surface area contributed by atoms with Gasteiger partial charge < -0.3 is 19.5 Å². The monoisotopic (exact) mass is 749 g/mol. The Hall–Kier alpha value is -2.19. The van der Waals surface area contributed by atoms with Gasteiger partial charge >= 0.3 is 17.9 Å². The van der Waals surface area contributed by atoms with E-state index in [0.29, 0.717) is 31.6 Å². The highest BCUT2D eigenvalue weighted by atomic mass is 16.5. The van der Waals surface area contributed by atoms with Crippen LogP contribution in [0.25, 0.3) is 0 Å². The molecule has 1 saturated heterocycles. The van der Waals surface area contributed by atoms with Crippen molar-refractivity contribution in [2.45, 2.75) is 213 Å². The lowest BCUT2D eigenvalue weighted by Gasteiger charge is -2.31. The molecule has 0 bridgehead atoms. The second-order valence-corrected chi connectivity index (χ2v) is 16.0. The first-order valence-electron chi connectivity index (χ1n) is 21.7. The summed E-state index contributed by atoms with van der Waals surface area (Å²) in [6, 6.07) is 0.768. The molecule has 0 amide bonds. The first-order valence-corrected chi connectivity index (χ1v) is 21.7. The van der Waals surface area contributed by atoms with Gasteiger partial charge in [-0.15, -0.1) is 0 Å². The first-order chi connectivity index (χ1) is 25.5. The van der Waals surface area contributed by atoms with Gasteiger partial charge in [0.25, 0.3) is 0 Å². The van der Waals surface area contributed by atoms with Crippen LogP contribution in [0.5, 0.6) is 0 Å². The highest BCUT2D eigenvalue weighted by Crippen LogP contribution is 2.17. The summed E-state index contributed by atoms with van der Waals surface area (Å²) in [4.78, 5) is 37.7. The Kier molecular flexibility index (Phi) is 34.0. The number of ether oxygens (including phenoxy) is 3. The molecular formula is C45H84N2O6. The smallest absolute Gasteiger partial charge is 0.306 e. The zero-order chi connectivity index (χ0) is 39.4. The van der Waals surface area contributed by atoms with E-state index in [2.05, 4.69) is 64.0 Å². The summed E-state index contributed by atoms with van der Waals surface area (Å²) in [6.45, 7) is 15.8. The number of carbonyl (C=O) groups is 3. The fourth-order valence-corrected chi connectivity index (χ4v) is 5.83. The minimum Gasteiger partial charge on any atom is -0.463 e. The maximum atomic E-state index is 11.9. The van der Waals surface area contributed by atoms with Crippen LogP contribution in [0.3, 0.4) is 0 Å². The van der Waals surface area contributed by atoms with E-state index in [0.717, 1.165) is 95.9 Å². The third-order valence-corrected chi connectivity index (χ3v) is 9.74. The number of nitrogens with zero attached hydrogens (tertiary/aromatic N) is 1. The van der Waals surface area contributed by atoms with E-state index in [-0.39, 0.29) is 24.0 Å². The van der Waals surface area contributed by atoms with Crippen molar-refractivity contribution in [3.05, 3.63) is 24.3 Å². The standard InChI is InChI=1S/C37H66O6.C8H18N2/c1-4-6-8-10-12-20-26-32-41-36(39)30-24-18-14-16-22-28-35(43-34(3)38)29-23-17-15-19-25-31-37(40)42-33-27-21-13-11-9-7-5-2;1-8(2,3)10(4)6-7-5-9-7/h20-21,26-27,35H,4-19,22-25,28-33H2,1-3H3;7,9H,5-6H2,1-4H3/b26-20-,27-21-;. The number of hydrogen-bond acceptors (Lipinski definition) is 8. The SMILES string of the molecule is CCCCCC/C=C\COC(=O)CCCCCCCC(CCCCCCCC(=O)OC/C=C\CCCCCC)OC(C)=O.CN(CC1CN1)C(C)(C)C. The molecule has 1 N–H and O–H groups in total. The average molecular weight is 749 g/mol. The Morgan fingerprint density at radius 3 is 1.47 bits per heavy atom. The molecule has 0 aromatic carbocycles. The van der Waals surface area contributed by atoms with Crippen molar-refractivity contribution in [1.29, 1.82) is 0 Å². The van der Waals surface area contributed by atoms with Crippen molar-refractivity contribution < 1.29 is 28.6 Å². The van der Waals surface area contributed by atoms with Crippen LogP contribution >= 0.6 is 0 Å². The van der Waals surface area contributed by atoms with Crippen LogP contribution in [0.15, 0.2) is 24.3 Å². The van der Waals surface area contributed by atoms with Crippen molar-refractivity contribution in [2.24, 2.45) is 0 Å². The fourth-order valence-electron chi connectivity index (χ4n) is 5.83. The van der Waals surface area contributed by atoms with Gasteiger partial charge in [0.05, 0.1) is 0 Å². The highest BCUT2D eigenvalue weighted by molar-refractivity contribution is 5.69. The zero-order valence-electron chi connectivity index (χ0n) is 35.7. The molecule has 0 aromatic rings. The molecule has 8 heteroatoms. The summed E-state index contributed by atoms with van der Waals surface area (Å²) in [6.07, 6.45) is 33.2. The van der Waals surface area contributed by atoms with Crippen LogP contribution in [-0.4, -0.2) is 73.8 Å². The number of nitrogens with one attached hydrogen (secondary N) is 1. The Balaban J connectivity index is 0.00000230. The topological polar surface area (TPSA) is 104 Å². The van der Waals surface area contributed by atoms with Gasteiger partial charge in [-0.25, -0.2) is 0 Å². The molecule has 1 aliphatic heterocycles. The lowest BCUT2D eigenvalue weighted by atomic mass is 10.0. The van der Waals surface area contributed by atoms with Gasteiger partial charge in [0.15, 0.2) is 0 Å². The first kappa shape index (κ1) is 50.8. The summed E-state index contributed by atoms with van der Waals surface area (Å²) in [7, 11) is 2.18. The van der Waals surface area contributed by atoms with Gasteiger partial charge in [-0.3, -0.25) is 19.3 Å². The summed E-state index contributed by atoms with van der Waals surface area (Å²) >= 11 is 0. The van der Waals surface area contributed by atoms with Crippen LogP contribution in [0, 0.1) is 0 Å². The summed E-state index contributed by atoms with van der Waals surface area (Å²) in [5.41, 5.74) is 0.324. The van der Waals surface area contributed by atoms with Crippen molar-refractivity contribution in [1.82, 2.24) is 10.2 Å². The lowest BCUT2D eigenvalue weighted by molar-refractivity contribution is -0.147. The zero-order valence-corrected chi connectivity index (χ0v) is 35.7. The predicted octanol–water partition coefficient (Wildman–Crippen LogP) is 11.2. The molecule has 0 aliphatic carbocycles. The minimum atomic E-state index is -0.209. The lowest BCUT2D eigenvalue weighted by Crippen LogP contribution is -2.40. The molecule has 1 unspecified atom stereocenters. The van der Waals surface area contributed by atoms with Crippen molar-refractivity contribution in [3.8, 4) is 0 Å². The van der Waals surface area contributed by atoms with Gasteiger partial charge in [0.1, 0.15) is 19.3 Å². The summed E-state index contributed by atoms with van der Waals surface area (Å²) < 4.78 is 16.1. The van der Waals surface area contributed by atoms with Crippen LogP contribution in [0.1, 0.15) is 196 Å². The van der Waals surface area contributed by atoms with E-state index in [1.165, 1.54) is 71.4 Å². The molecule has 0 saturated carbocycles. The summed E-state index contributed by atoms with van der Waals surface area (Å²) in [5.74, 6) is -0.428. The van der Waals surface area contributed by atoms with E-state index >= 15 is 0 Å². The molecule has 1 aliphatic rings. The predicted molar refractivity (Wildman–Crippen MR) is 222 cm³/mol. The highest BCUT2D eigenvalue weighted by Gasteiger charge is 2.26. The number of hydrogen-bond donors (Lipinski definition) is 1. The Labute approximate surface area is 327 Å². The summed E-state index contributed by atoms with van der Waals surface area (Å²) in [5, 5.41) is 3.30. The number of rotatable bonds is 33. The van der Waals surface area contributed by atoms with Gasteiger partial charge in [-0.2, -0.15) is 0 Å². The van der Waals surface area contributed by atoms with Gasteiger partial charge in [0, 0.05) is 44.4 Å². The Bertz CT molecular complexity index is 888. The number of allylic oxidation sites excluding steroid dienone is 2. The third kappa shape index (κ3) is 37.9. The van der Waals surface area contributed by atoms with E-state index < -0.39 is 0 Å². The number of esters is 3. The second-order valence-electron chi connectivity index (χ2n) is 16.0.